The number of para-hydroxylation sites is 2. The molecule has 1 aliphatic carbocycles. The van der Waals surface area contributed by atoms with Gasteiger partial charge in [0.25, 0.3) is 0 Å². The second-order valence-electron chi connectivity index (χ2n) is 6.17. The Morgan fingerprint density at radius 1 is 1.00 bits per heavy atom. The van der Waals surface area contributed by atoms with Gasteiger partial charge in [0.15, 0.2) is 0 Å². The van der Waals surface area contributed by atoms with Crippen LogP contribution in [0, 0.1) is 11.8 Å². The SMILES string of the molecule is CC1CC(C)CC(Nc2ccccc2N(C)C)C1. The van der Waals surface area contributed by atoms with Crippen LogP contribution in [0.15, 0.2) is 24.3 Å². The molecule has 100 valence electrons. The standard InChI is InChI=1S/C16H26N2/c1-12-9-13(2)11-14(10-12)17-15-7-5-6-8-16(15)18(3)4/h5-8,12-14,17H,9-11H2,1-4H3. The van der Waals surface area contributed by atoms with E-state index in [2.05, 4.69) is 62.4 Å². The maximum absolute atomic E-state index is 3.75. The van der Waals surface area contributed by atoms with E-state index in [1.807, 2.05) is 0 Å². The normalized spacial score (nSPS) is 27.9. The third-order valence-corrected chi connectivity index (χ3v) is 3.92. The number of benzene rings is 1. The van der Waals surface area contributed by atoms with Crippen LogP contribution < -0.4 is 10.2 Å². The molecule has 18 heavy (non-hydrogen) atoms. The second kappa shape index (κ2) is 5.64. The van der Waals surface area contributed by atoms with E-state index in [1.54, 1.807) is 0 Å². The summed E-state index contributed by atoms with van der Waals surface area (Å²) in [6.07, 6.45) is 3.98. The Morgan fingerprint density at radius 2 is 1.61 bits per heavy atom. The molecule has 0 spiro atoms. The zero-order chi connectivity index (χ0) is 13.1. The zero-order valence-electron chi connectivity index (χ0n) is 12.1. The molecule has 1 fully saturated rings. The minimum absolute atomic E-state index is 0.629. The molecule has 2 unspecified atom stereocenters. The average molecular weight is 246 g/mol. The van der Waals surface area contributed by atoms with Gasteiger partial charge in [-0.1, -0.05) is 26.0 Å². The number of hydrogen-bond donors (Lipinski definition) is 1. The summed E-state index contributed by atoms with van der Waals surface area (Å²) in [5, 5.41) is 3.75. The predicted octanol–water partition coefficient (Wildman–Crippen LogP) is 3.99. The summed E-state index contributed by atoms with van der Waals surface area (Å²) in [6, 6.07) is 9.22. The van der Waals surface area contributed by atoms with Gasteiger partial charge in [-0.3, -0.25) is 0 Å². The summed E-state index contributed by atoms with van der Waals surface area (Å²) in [7, 11) is 4.21. The van der Waals surface area contributed by atoms with Crippen LogP contribution in [-0.4, -0.2) is 20.1 Å². The molecule has 0 radical (unpaired) electrons. The highest BCUT2D eigenvalue weighted by Crippen LogP contribution is 2.32. The van der Waals surface area contributed by atoms with Crippen LogP contribution >= 0.6 is 0 Å². The van der Waals surface area contributed by atoms with Crippen LogP contribution in [0.2, 0.25) is 0 Å². The van der Waals surface area contributed by atoms with Gasteiger partial charge in [-0.25, -0.2) is 0 Å². The molecule has 1 saturated carbocycles. The fourth-order valence-corrected chi connectivity index (χ4v) is 3.27. The molecule has 0 saturated heterocycles. The summed E-state index contributed by atoms with van der Waals surface area (Å²) in [5.74, 6) is 1.69. The Hall–Kier alpha value is -1.18. The number of rotatable bonds is 3. The second-order valence-corrected chi connectivity index (χ2v) is 6.17. The Labute approximate surface area is 111 Å². The lowest BCUT2D eigenvalue weighted by Crippen LogP contribution is -2.30. The Kier molecular flexibility index (Phi) is 4.15. The minimum Gasteiger partial charge on any atom is -0.381 e. The van der Waals surface area contributed by atoms with E-state index in [-0.39, 0.29) is 0 Å². The van der Waals surface area contributed by atoms with Crippen molar-refractivity contribution in [3.05, 3.63) is 24.3 Å². The van der Waals surface area contributed by atoms with E-state index in [9.17, 15) is 0 Å². The Morgan fingerprint density at radius 3 is 2.22 bits per heavy atom. The largest absolute Gasteiger partial charge is 0.381 e. The summed E-state index contributed by atoms with van der Waals surface area (Å²) < 4.78 is 0. The summed E-state index contributed by atoms with van der Waals surface area (Å²) in [5.41, 5.74) is 2.55. The molecule has 1 aliphatic rings. The molecular formula is C16H26N2. The molecule has 0 aromatic heterocycles. The van der Waals surface area contributed by atoms with Crippen LogP contribution in [0.5, 0.6) is 0 Å². The van der Waals surface area contributed by atoms with Crippen molar-refractivity contribution in [3.8, 4) is 0 Å². The highest BCUT2D eigenvalue weighted by molar-refractivity contribution is 5.69. The molecular weight excluding hydrogens is 220 g/mol. The van der Waals surface area contributed by atoms with E-state index < -0.39 is 0 Å². The molecule has 2 nitrogen and oxygen atoms in total. The lowest BCUT2D eigenvalue weighted by atomic mass is 9.80. The molecule has 2 rings (SSSR count). The number of nitrogens with one attached hydrogen (secondary N) is 1. The van der Waals surface area contributed by atoms with Crippen molar-refractivity contribution in [1.29, 1.82) is 0 Å². The van der Waals surface area contributed by atoms with Crippen molar-refractivity contribution in [2.75, 3.05) is 24.3 Å². The minimum atomic E-state index is 0.629. The molecule has 1 aromatic carbocycles. The lowest BCUT2D eigenvalue weighted by molar-refractivity contribution is 0.281. The van der Waals surface area contributed by atoms with E-state index in [4.69, 9.17) is 0 Å². The molecule has 0 amide bonds. The quantitative estimate of drug-likeness (QED) is 0.867. The van der Waals surface area contributed by atoms with E-state index in [1.165, 1.54) is 30.6 Å². The third-order valence-electron chi connectivity index (χ3n) is 3.92. The first-order valence-electron chi connectivity index (χ1n) is 7.09. The summed E-state index contributed by atoms with van der Waals surface area (Å²) in [6.45, 7) is 4.75. The van der Waals surface area contributed by atoms with Crippen LogP contribution in [0.3, 0.4) is 0 Å². The van der Waals surface area contributed by atoms with Gasteiger partial charge in [0, 0.05) is 20.1 Å². The molecule has 0 heterocycles. The maximum Gasteiger partial charge on any atom is 0.0596 e. The topological polar surface area (TPSA) is 15.3 Å². The van der Waals surface area contributed by atoms with E-state index >= 15 is 0 Å². The van der Waals surface area contributed by atoms with Gasteiger partial charge < -0.3 is 10.2 Å². The van der Waals surface area contributed by atoms with Gasteiger partial charge in [0.1, 0.15) is 0 Å². The van der Waals surface area contributed by atoms with Gasteiger partial charge in [0.2, 0.25) is 0 Å². The maximum atomic E-state index is 3.75. The van der Waals surface area contributed by atoms with E-state index in [0.717, 1.165) is 11.8 Å². The van der Waals surface area contributed by atoms with Gasteiger partial charge in [-0.15, -0.1) is 0 Å². The average Bonchev–Trinajstić information content (AvgIpc) is 2.27. The van der Waals surface area contributed by atoms with Crippen molar-refractivity contribution in [3.63, 3.8) is 0 Å². The molecule has 2 atom stereocenters. The zero-order valence-corrected chi connectivity index (χ0v) is 12.1. The molecule has 0 bridgehead atoms. The Bertz CT molecular complexity index is 376. The first-order valence-corrected chi connectivity index (χ1v) is 7.09. The molecule has 2 heteroatoms. The van der Waals surface area contributed by atoms with Crippen molar-refractivity contribution < 1.29 is 0 Å². The smallest absolute Gasteiger partial charge is 0.0596 e. The monoisotopic (exact) mass is 246 g/mol. The number of hydrogen-bond acceptors (Lipinski definition) is 2. The highest BCUT2D eigenvalue weighted by atomic mass is 15.1. The van der Waals surface area contributed by atoms with Crippen molar-refractivity contribution in [1.82, 2.24) is 0 Å². The number of nitrogens with zero attached hydrogens (tertiary/aromatic N) is 1. The fourth-order valence-electron chi connectivity index (χ4n) is 3.27. The van der Waals surface area contributed by atoms with Gasteiger partial charge in [-0.05, 0) is 43.2 Å². The van der Waals surface area contributed by atoms with Crippen LogP contribution in [-0.2, 0) is 0 Å². The first kappa shape index (κ1) is 13.3. The van der Waals surface area contributed by atoms with Crippen molar-refractivity contribution in [2.24, 2.45) is 11.8 Å². The van der Waals surface area contributed by atoms with Crippen LogP contribution in [0.1, 0.15) is 33.1 Å². The van der Waals surface area contributed by atoms with E-state index in [0.29, 0.717) is 6.04 Å². The van der Waals surface area contributed by atoms with Gasteiger partial charge in [0.05, 0.1) is 11.4 Å². The lowest BCUT2D eigenvalue weighted by Gasteiger charge is -2.33. The predicted molar refractivity (Wildman–Crippen MR) is 80.4 cm³/mol. The Balaban J connectivity index is 2.09. The third kappa shape index (κ3) is 3.18. The van der Waals surface area contributed by atoms with Crippen molar-refractivity contribution >= 4 is 11.4 Å². The highest BCUT2D eigenvalue weighted by Gasteiger charge is 2.24. The van der Waals surface area contributed by atoms with Gasteiger partial charge in [-0.2, -0.15) is 0 Å². The molecule has 1 aromatic rings. The van der Waals surface area contributed by atoms with Crippen LogP contribution in [0.4, 0.5) is 11.4 Å². The fraction of sp³-hybridized carbons (Fsp3) is 0.625. The first-order chi connectivity index (χ1) is 8.56. The van der Waals surface area contributed by atoms with Crippen LogP contribution in [0.25, 0.3) is 0 Å². The summed E-state index contributed by atoms with van der Waals surface area (Å²) in [4.78, 5) is 2.18. The number of anilines is 2. The van der Waals surface area contributed by atoms with Crippen molar-refractivity contribution in [2.45, 2.75) is 39.2 Å². The molecule has 1 N–H and O–H groups in total. The van der Waals surface area contributed by atoms with Gasteiger partial charge >= 0.3 is 0 Å². The summed E-state index contributed by atoms with van der Waals surface area (Å²) >= 11 is 0. The molecule has 0 aliphatic heterocycles.